The topological polar surface area (TPSA) is 73.2 Å². The standard InChI is InChI=1S/C21H27N3O3S/c1-14-6-4-5-7-18(14)23-19(25)13-27-20(26)9-8-17-12-15(2)24(16(17)3)21-22-10-11-28-21/h8-12,14,18H,4-7,13H2,1-3H3,(H,23,25)/b9-8+. The van der Waals surface area contributed by atoms with Crippen LogP contribution in [0.4, 0.5) is 0 Å². The molecule has 2 aromatic rings. The third-order valence-electron chi connectivity index (χ3n) is 5.28. The maximum absolute atomic E-state index is 12.0. The van der Waals surface area contributed by atoms with Gasteiger partial charge in [0.05, 0.1) is 0 Å². The molecule has 1 N–H and O–H groups in total. The molecule has 2 unspecified atom stereocenters. The molecule has 0 spiro atoms. The van der Waals surface area contributed by atoms with Crippen molar-refractivity contribution in [1.82, 2.24) is 14.9 Å². The monoisotopic (exact) mass is 401 g/mol. The van der Waals surface area contributed by atoms with Gasteiger partial charge >= 0.3 is 5.97 Å². The van der Waals surface area contributed by atoms with Crippen molar-refractivity contribution in [3.63, 3.8) is 0 Å². The Bertz CT molecular complexity index is 855. The molecule has 7 heteroatoms. The lowest BCUT2D eigenvalue weighted by molar-refractivity contribution is -0.144. The number of hydrogen-bond acceptors (Lipinski definition) is 5. The van der Waals surface area contributed by atoms with Crippen LogP contribution in [0, 0.1) is 19.8 Å². The van der Waals surface area contributed by atoms with Gasteiger partial charge in [-0.1, -0.05) is 19.8 Å². The number of amides is 1. The van der Waals surface area contributed by atoms with Crippen molar-refractivity contribution in [3.8, 4) is 5.13 Å². The van der Waals surface area contributed by atoms with Crippen molar-refractivity contribution in [1.29, 1.82) is 0 Å². The van der Waals surface area contributed by atoms with Crippen LogP contribution in [-0.4, -0.2) is 34.1 Å². The summed E-state index contributed by atoms with van der Waals surface area (Å²) in [7, 11) is 0. The minimum atomic E-state index is -0.522. The van der Waals surface area contributed by atoms with E-state index < -0.39 is 5.97 Å². The zero-order valence-electron chi connectivity index (χ0n) is 16.6. The van der Waals surface area contributed by atoms with Gasteiger partial charge in [-0.05, 0) is 50.3 Å². The van der Waals surface area contributed by atoms with Gasteiger partial charge in [-0.2, -0.15) is 0 Å². The highest BCUT2D eigenvalue weighted by Crippen LogP contribution is 2.24. The molecule has 2 atom stereocenters. The molecular weight excluding hydrogens is 374 g/mol. The lowest BCUT2D eigenvalue weighted by Crippen LogP contribution is -2.42. The molecule has 0 radical (unpaired) electrons. The Labute approximate surface area is 169 Å². The molecule has 6 nitrogen and oxygen atoms in total. The number of hydrogen-bond donors (Lipinski definition) is 1. The highest BCUT2D eigenvalue weighted by molar-refractivity contribution is 7.12. The summed E-state index contributed by atoms with van der Waals surface area (Å²) in [5.74, 6) is -0.283. The predicted octanol–water partition coefficient (Wildman–Crippen LogP) is 3.80. The van der Waals surface area contributed by atoms with Crippen LogP contribution in [0.1, 0.15) is 49.6 Å². The van der Waals surface area contributed by atoms with Gasteiger partial charge < -0.3 is 10.1 Å². The zero-order valence-corrected chi connectivity index (χ0v) is 17.4. The van der Waals surface area contributed by atoms with Gasteiger partial charge in [0.1, 0.15) is 0 Å². The lowest BCUT2D eigenvalue weighted by atomic mass is 9.86. The first-order valence-electron chi connectivity index (χ1n) is 9.68. The van der Waals surface area contributed by atoms with Crippen LogP contribution in [0.25, 0.3) is 11.2 Å². The molecule has 2 heterocycles. The smallest absolute Gasteiger partial charge is 0.331 e. The van der Waals surface area contributed by atoms with E-state index in [0.29, 0.717) is 5.92 Å². The van der Waals surface area contributed by atoms with Crippen LogP contribution in [-0.2, 0) is 14.3 Å². The SMILES string of the molecule is Cc1cc(/C=C/C(=O)OCC(=O)NC2CCCCC2C)c(C)n1-c1nccs1. The number of carbonyl (C=O) groups excluding carboxylic acids is 2. The number of rotatable bonds is 6. The van der Waals surface area contributed by atoms with Gasteiger partial charge in [0.2, 0.25) is 0 Å². The van der Waals surface area contributed by atoms with Gasteiger partial charge in [-0.25, -0.2) is 9.78 Å². The van der Waals surface area contributed by atoms with E-state index in [4.69, 9.17) is 4.74 Å². The maximum Gasteiger partial charge on any atom is 0.331 e. The maximum atomic E-state index is 12.0. The van der Waals surface area contributed by atoms with E-state index in [1.807, 2.05) is 25.3 Å². The molecule has 0 aliphatic heterocycles. The van der Waals surface area contributed by atoms with E-state index in [1.165, 1.54) is 12.5 Å². The number of nitrogens with zero attached hydrogens (tertiary/aromatic N) is 2. The quantitative estimate of drug-likeness (QED) is 0.590. The summed E-state index contributed by atoms with van der Waals surface area (Å²) in [6, 6.07) is 2.18. The Morgan fingerprint density at radius 3 is 2.86 bits per heavy atom. The number of esters is 1. The summed E-state index contributed by atoms with van der Waals surface area (Å²) in [4.78, 5) is 28.4. The Hall–Kier alpha value is -2.41. The fourth-order valence-electron chi connectivity index (χ4n) is 3.70. The number of carbonyl (C=O) groups is 2. The molecule has 3 rings (SSSR count). The van der Waals surface area contributed by atoms with Crippen LogP contribution < -0.4 is 5.32 Å². The molecular formula is C21H27N3O3S. The fourth-order valence-corrected chi connectivity index (χ4v) is 4.45. The van der Waals surface area contributed by atoms with E-state index in [0.717, 1.165) is 41.3 Å². The van der Waals surface area contributed by atoms with Gasteiger partial charge in [-0.3, -0.25) is 9.36 Å². The molecule has 150 valence electrons. The highest BCUT2D eigenvalue weighted by Gasteiger charge is 2.23. The first-order chi connectivity index (χ1) is 13.5. The van der Waals surface area contributed by atoms with Crippen LogP contribution in [0.3, 0.4) is 0 Å². The molecule has 1 amide bonds. The average Bonchev–Trinajstić information content (AvgIpc) is 3.28. The Morgan fingerprint density at radius 2 is 2.14 bits per heavy atom. The lowest BCUT2D eigenvalue weighted by Gasteiger charge is -2.29. The third-order valence-corrected chi connectivity index (χ3v) is 6.04. The van der Waals surface area contributed by atoms with Crippen molar-refractivity contribution in [3.05, 3.63) is 40.7 Å². The van der Waals surface area contributed by atoms with E-state index in [-0.39, 0.29) is 18.6 Å². The number of nitrogens with one attached hydrogen (secondary N) is 1. The summed E-state index contributed by atoms with van der Waals surface area (Å²) >= 11 is 1.56. The molecule has 28 heavy (non-hydrogen) atoms. The molecule has 0 aromatic carbocycles. The summed E-state index contributed by atoms with van der Waals surface area (Å²) < 4.78 is 7.15. The second-order valence-corrected chi connectivity index (χ2v) is 8.23. The molecule has 1 fully saturated rings. The summed E-state index contributed by atoms with van der Waals surface area (Å²) in [5.41, 5.74) is 2.96. The number of ether oxygens (including phenoxy) is 1. The molecule has 1 aliphatic carbocycles. The van der Waals surface area contributed by atoms with Gasteiger partial charge in [0.25, 0.3) is 5.91 Å². The number of aryl methyl sites for hydroxylation is 1. The van der Waals surface area contributed by atoms with Crippen LogP contribution in [0.15, 0.2) is 23.7 Å². The van der Waals surface area contributed by atoms with Crippen molar-refractivity contribution in [2.45, 2.75) is 52.5 Å². The average molecular weight is 402 g/mol. The van der Waals surface area contributed by atoms with Gasteiger partial charge in [0.15, 0.2) is 11.7 Å². The normalized spacial score (nSPS) is 19.7. The molecule has 0 bridgehead atoms. The molecule has 2 aromatic heterocycles. The minimum absolute atomic E-state index is 0.187. The zero-order chi connectivity index (χ0) is 20.1. The second-order valence-electron chi connectivity index (χ2n) is 7.35. The molecule has 1 saturated carbocycles. The first kappa shape index (κ1) is 20.3. The first-order valence-corrected chi connectivity index (χ1v) is 10.6. The van der Waals surface area contributed by atoms with Crippen LogP contribution in [0.2, 0.25) is 0 Å². The Morgan fingerprint density at radius 1 is 1.36 bits per heavy atom. The molecule has 0 saturated heterocycles. The van der Waals surface area contributed by atoms with E-state index in [9.17, 15) is 9.59 Å². The largest absolute Gasteiger partial charge is 0.452 e. The predicted molar refractivity (Wildman–Crippen MR) is 110 cm³/mol. The van der Waals surface area contributed by atoms with E-state index >= 15 is 0 Å². The Kier molecular flexibility index (Phi) is 6.67. The van der Waals surface area contributed by atoms with Crippen molar-refractivity contribution in [2.24, 2.45) is 5.92 Å². The van der Waals surface area contributed by atoms with Crippen molar-refractivity contribution >= 4 is 29.3 Å². The number of thiazole rings is 1. The van der Waals surface area contributed by atoms with Crippen LogP contribution >= 0.6 is 11.3 Å². The highest BCUT2D eigenvalue weighted by atomic mass is 32.1. The summed E-state index contributed by atoms with van der Waals surface area (Å²) in [6.07, 6.45) is 9.33. The van der Waals surface area contributed by atoms with E-state index in [1.54, 1.807) is 23.6 Å². The minimum Gasteiger partial charge on any atom is -0.452 e. The van der Waals surface area contributed by atoms with E-state index in [2.05, 4.69) is 21.8 Å². The molecule has 1 aliphatic rings. The third kappa shape index (κ3) is 4.90. The number of aromatic nitrogens is 2. The fraction of sp³-hybridized carbons (Fsp3) is 0.476. The summed E-state index contributed by atoms with van der Waals surface area (Å²) in [5, 5.41) is 5.81. The van der Waals surface area contributed by atoms with Gasteiger partial charge in [-0.15, -0.1) is 11.3 Å². The van der Waals surface area contributed by atoms with Crippen molar-refractivity contribution < 1.29 is 14.3 Å². The van der Waals surface area contributed by atoms with Crippen molar-refractivity contribution in [2.75, 3.05) is 6.61 Å². The van der Waals surface area contributed by atoms with Crippen LogP contribution in [0.5, 0.6) is 0 Å². The Balaban J connectivity index is 1.53. The second kappa shape index (κ2) is 9.19. The van der Waals surface area contributed by atoms with Gasteiger partial charge in [0, 0.05) is 35.1 Å². The summed E-state index contributed by atoms with van der Waals surface area (Å²) in [6.45, 7) is 5.89.